The van der Waals surface area contributed by atoms with Gasteiger partial charge >= 0.3 is 0 Å². The van der Waals surface area contributed by atoms with E-state index in [-0.39, 0.29) is 9.26 Å². The van der Waals surface area contributed by atoms with E-state index >= 15 is 0 Å². The molecule has 0 saturated carbocycles. The third kappa shape index (κ3) is 2.60. The zero-order valence-corrected chi connectivity index (χ0v) is 9.88. The summed E-state index contributed by atoms with van der Waals surface area (Å²) in [6, 6.07) is 2.75. The number of pyridine rings is 1. The van der Waals surface area contributed by atoms with Crippen LogP contribution in [0, 0.1) is 15.0 Å². The Bertz CT molecular complexity index is 459. The normalized spacial score (nSPS) is 10.1. The fourth-order valence-corrected chi connectivity index (χ4v) is 1.68. The molecule has 0 aliphatic rings. The maximum Gasteiger partial charge on any atom is 0.271 e. The predicted molar refractivity (Wildman–Crippen MR) is 56.8 cm³/mol. The van der Waals surface area contributed by atoms with Crippen molar-refractivity contribution in [2.24, 2.45) is 0 Å². The van der Waals surface area contributed by atoms with E-state index in [9.17, 15) is 13.6 Å². The number of carbonyl (C=O) groups excluding carboxylic acids is 1. The largest absolute Gasteiger partial charge is 0.274 e. The molecule has 0 N–H and O–H groups in total. The molecule has 1 aromatic heterocycles. The predicted octanol–water partition coefficient (Wildman–Crippen LogP) is 2.87. The lowest BCUT2D eigenvalue weighted by Gasteiger charge is -2.06. The summed E-state index contributed by atoms with van der Waals surface area (Å²) >= 11 is 6.82. The highest BCUT2D eigenvalue weighted by Crippen LogP contribution is 2.27. The van der Waals surface area contributed by atoms with Gasteiger partial charge in [-0.2, -0.15) is 5.26 Å². The summed E-state index contributed by atoms with van der Waals surface area (Å²) in [5.74, 6) is 0. The number of alkyl halides is 2. The average molecular weight is 342 g/mol. The SMILES string of the molecule is N#Cc1cc(I)nc(C(=O)Cl)c1C(F)F. The lowest BCUT2D eigenvalue weighted by Crippen LogP contribution is -2.06. The molecule has 0 bridgehead atoms. The number of hydrogen-bond acceptors (Lipinski definition) is 3. The molecular weight excluding hydrogens is 340 g/mol. The molecule has 0 aromatic carbocycles. The van der Waals surface area contributed by atoms with Gasteiger partial charge in [-0.15, -0.1) is 0 Å². The monoisotopic (exact) mass is 342 g/mol. The molecule has 0 aliphatic carbocycles. The van der Waals surface area contributed by atoms with Crippen molar-refractivity contribution in [3.63, 3.8) is 0 Å². The summed E-state index contributed by atoms with van der Waals surface area (Å²) in [4.78, 5) is 14.4. The summed E-state index contributed by atoms with van der Waals surface area (Å²) in [5, 5.41) is 7.53. The molecule has 1 rings (SSSR count). The first-order valence-electron chi connectivity index (χ1n) is 3.56. The Hall–Kier alpha value is -0.810. The summed E-state index contributed by atoms with van der Waals surface area (Å²) in [6.07, 6.45) is -2.96. The van der Waals surface area contributed by atoms with Gasteiger partial charge in [-0.25, -0.2) is 13.8 Å². The Morgan fingerprint density at radius 3 is 2.67 bits per heavy atom. The van der Waals surface area contributed by atoms with Crippen LogP contribution in [-0.4, -0.2) is 10.2 Å². The molecule has 1 heterocycles. The van der Waals surface area contributed by atoms with E-state index in [0.717, 1.165) is 0 Å². The summed E-state index contributed by atoms with van der Waals surface area (Å²) in [5.41, 5.74) is -1.55. The van der Waals surface area contributed by atoms with Crippen LogP contribution in [0.2, 0.25) is 0 Å². The first kappa shape index (κ1) is 12.3. The van der Waals surface area contributed by atoms with Gasteiger partial charge in [-0.1, -0.05) is 0 Å². The number of nitriles is 1. The van der Waals surface area contributed by atoms with Crippen LogP contribution < -0.4 is 0 Å². The summed E-state index contributed by atoms with van der Waals surface area (Å²) in [7, 11) is 0. The Labute approximate surface area is 102 Å². The van der Waals surface area contributed by atoms with Gasteiger partial charge in [0.05, 0.1) is 17.2 Å². The Morgan fingerprint density at radius 1 is 1.67 bits per heavy atom. The van der Waals surface area contributed by atoms with E-state index in [1.807, 2.05) is 0 Å². The van der Waals surface area contributed by atoms with Gasteiger partial charge in [0.2, 0.25) is 0 Å². The van der Waals surface area contributed by atoms with E-state index in [4.69, 9.17) is 16.9 Å². The fourth-order valence-electron chi connectivity index (χ4n) is 0.987. The second-order valence-electron chi connectivity index (χ2n) is 2.44. The van der Waals surface area contributed by atoms with Gasteiger partial charge < -0.3 is 0 Å². The zero-order chi connectivity index (χ0) is 11.6. The second kappa shape index (κ2) is 4.81. The zero-order valence-electron chi connectivity index (χ0n) is 6.97. The van der Waals surface area contributed by atoms with Crippen molar-refractivity contribution in [2.45, 2.75) is 6.43 Å². The fraction of sp³-hybridized carbons (Fsp3) is 0.125. The number of rotatable bonds is 2. The van der Waals surface area contributed by atoms with E-state index in [1.165, 1.54) is 6.07 Å². The van der Waals surface area contributed by atoms with Crippen molar-refractivity contribution in [2.75, 3.05) is 0 Å². The van der Waals surface area contributed by atoms with Crippen LogP contribution in [0.15, 0.2) is 6.07 Å². The number of hydrogen-bond donors (Lipinski definition) is 0. The molecule has 78 valence electrons. The van der Waals surface area contributed by atoms with E-state index in [0.29, 0.717) is 0 Å². The molecular formula is C8H2ClF2IN2O. The molecule has 1 aromatic rings. The number of nitrogens with zero attached hydrogens (tertiary/aromatic N) is 2. The van der Waals surface area contributed by atoms with E-state index in [1.54, 1.807) is 28.7 Å². The third-order valence-electron chi connectivity index (χ3n) is 1.55. The molecule has 0 spiro atoms. The van der Waals surface area contributed by atoms with Gasteiger partial charge in [0.1, 0.15) is 9.39 Å². The molecule has 0 unspecified atom stereocenters. The van der Waals surface area contributed by atoms with Crippen molar-refractivity contribution in [3.05, 3.63) is 26.6 Å². The van der Waals surface area contributed by atoms with Gasteiger partial charge in [-0.05, 0) is 40.3 Å². The molecule has 15 heavy (non-hydrogen) atoms. The van der Waals surface area contributed by atoms with Crippen molar-refractivity contribution < 1.29 is 13.6 Å². The lowest BCUT2D eigenvalue weighted by molar-refractivity contribution is 0.106. The quantitative estimate of drug-likeness (QED) is 0.472. The topological polar surface area (TPSA) is 53.8 Å². The van der Waals surface area contributed by atoms with E-state index < -0.39 is 22.9 Å². The molecule has 7 heteroatoms. The molecule has 0 atom stereocenters. The number of aromatic nitrogens is 1. The molecule has 3 nitrogen and oxygen atoms in total. The molecule has 0 fully saturated rings. The first-order chi connectivity index (χ1) is 6.97. The minimum absolute atomic E-state index is 0.262. The van der Waals surface area contributed by atoms with Crippen LogP contribution in [0.1, 0.15) is 28.0 Å². The molecule has 0 saturated heterocycles. The highest BCUT2D eigenvalue weighted by atomic mass is 127. The first-order valence-corrected chi connectivity index (χ1v) is 5.01. The maximum absolute atomic E-state index is 12.6. The number of carbonyl (C=O) groups is 1. The Balaban J connectivity index is 3.56. The molecule has 0 aliphatic heterocycles. The Kier molecular flexibility index (Phi) is 3.93. The standard InChI is InChI=1S/C8H2ClF2IN2O/c9-7(15)6-5(8(10)11)3(2-13)1-4(12)14-6/h1,8H. The summed E-state index contributed by atoms with van der Waals surface area (Å²) < 4.78 is 25.4. The number of halogens is 4. The van der Waals surface area contributed by atoms with Crippen molar-refractivity contribution in [3.8, 4) is 6.07 Å². The minimum atomic E-state index is -2.96. The Morgan fingerprint density at radius 2 is 2.27 bits per heavy atom. The van der Waals surface area contributed by atoms with Crippen LogP contribution >= 0.6 is 34.2 Å². The second-order valence-corrected chi connectivity index (χ2v) is 3.89. The van der Waals surface area contributed by atoms with E-state index in [2.05, 4.69) is 4.98 Å². The maximum atomic E-state index is 12.6. The van der Waals surface area contributed by atoms with Crippen molar-refractivity contribution in [1.29, 1.82) is 5.26 Å². The van der Waals surface area contributed by atoms with Crippen LogP contribution in [0.5, 0.6) is 0 Å². The summed E-state index contributed by atoms with van der Waals surface area (Å²) in [6.45, 7) is 0. The minimum Gasteiger partial charge on any atom is -0.274 e. The van der Waals surface area contributed by atoms with Gasteiger partial charge in [0.25, 0.3) is 11.7 Å². The third-order valence-corrected chi connectivity index (χ3v) is 2.28. The van der Waals surface area contributed by atoms with Gasteiger partial charge in [0, 0.05) is 0 Å². The van der Waals surface area contributed by atoms with Crippen molar-refractivity contribution in [1.82, 2.24) is 4.98 Å². The van der Waals surface area contributed by atoms with Crippen LogP contribution in [0.3, 0.4) is 0 Å². The lowest BCUT2D eigenvalue weighted by atomic mass is 10.1. The highest BCUT2D eigenvalue weighted by molar-refractivity contribution is 14.1. The molecule has 0 radical (unpaired) electrons. The van der Waals surface area contributed by atoms with Crippen LogP contribution in [0.25, 0.3) is 0 Å². The van der Waals surface area contributed by atoms with Crippen LogP contribution in [0.4, 0.5) is 8.78 Å². The highest BCUT2D eigenvalue weighted by Gasteiger charge is 2.23. The van der Waals surface area contributed by atoms with Crippen LogP contribution in [-0.2, 0) is 0 Å². The molecule has 0 amide bonds. The smallest absolute Gasteiger partial charge is 0.271 e. The van der Waals surface area contributed by atoms with Crippen molar-refractivity contribution >= 4 is 39.4 Å². The average Bonchev–Trinajstić information content (AvgIpc) is 2.15. The van der Waals surface area contributed by atoms with Gasteiger partial charge in [-0.3, -0.25) is 4.79 Å². The van der Waals surface area contributed by atoms with Gasteiger partial charge in [0.15, 0.2) is 0 Å².